The summed E-state index contributed by atoms with van der Waals surface area (Å²) in [5.74, 6) is -3.33. The molecular weight excluding hydrogens is 662 g/mol. The van der Waals surface area contributed by atoms with Crippen LogP contribution in [0.15, 0.2) is 66.7 Å². The minimum absolute atomic E-state index is 0.0495. The van der Waals surface area contributed by atoms with Gasteiger partial charge in [-0.25, -0.2) is 19.6 Å². The highest BCUT2D eigenvalue weighted by Gasteiger charge is 2.35. The van der Waals surface area contributed by atoms with Crippen LogP contribution >= 0.6 is 0 Å². The second-order valence-corrected chi connectivity index (χ2v) is 12.4. The van der Waals surface area contributed by atoms with Gasteiger partial charge in [0.2, 0.25) is 5.88 Å². The molecule has 0 saturated carbocycles. The summed E-state index contributed by atoms with van der Waals surface area (Å²) in [6.07, 6.45) is 1.03. The van der Waals surface area contributed by atoms with Crippen molar-refractivity contribution in [3.05, 3.63) is 112 Å². The van der Waals surface area contributed by atoms with Gasteiger partial charge in [-0.1, -0.05) is 30.3 Å². The molecule has 13 heteroatoms. The number of fused-ring (bicyclic) bond motifs is 7. The standard InChI is InChI=1S/C38H34F2N4O7/c1-41-28-9-8-25-21-51-35-5-3-4-31(42-35)24-7-6-23(27(14-24)20-48-22-38(39,40)30(25)18-28)17-34-43-36-32(44(34)19-29-10-11-49-29)15-26(37(45)46)16-33(36)50-13-12-47-2/h3-9,14-16,18,29H,10-13,17,19-22H2,2H3,(H,45,46)/t29-/m0/s1. The van der Waals surface area contributed by atoms with Crippen molar-refractivity contribution in [2.24, 2.45) is 0 Å². The summed E-state index contributed by atoms with van der Waals surface area (Å²) >= 11 is 0. The molecule has 1 atom stereocenters. The van der Waals surface area contributed by atoms with Crippen LogP contribution in [0.5, 0.6) is 11.6 Å². The molecule has 2 aromatic heterocycles. The van der Waals surface area contributed by atoms with Crippen LogP contribution in [0.1, 0.15) is 44.9 Å². The predicted molar refractivity (Wildman–Crippen MR) is 181 cm³/mol. The Morgan fingerprint density at radius 1 is 1.08 bits per heavy atom. The Bertz CT molecular complexity index is 2140. The number of carboxylic acid groups (broad SMARTS) is 1. The van der Waals surface area contributed by atoms with Crippen LogP contribution in [0.3, 0.4) is 0 Å². The number of methoxy groups -OCH3 is 1. The molecule has 0 aliphatic carbocycles. The smallest absolute Gasteiger partial charge is 0.335 e. The maximum absolute atomic E-state index is 15.8. The highest BCUT2D eigenvalue weighted by atomic mass is 19.3. The van der Waals surface area contributed by atoms with Crippen LogP contribution in [0.4, 0.5) is 14.5 Å². The van der Waals surface area contributed by atoms with Crippen molar-refractivity contribution in [2.45, 2.75) is 44.6 Å². The molecule has 1 N–H and O–H groups in total. The Balaban J connectivity index is 1.30. The van der Waals surface area contributed by atoms with E-state index in [0.29, 0.717) is 53.6 Å². The van der Waals surface area contributed by atoms with Crippen LogP contribution in [-0.4, -0.2) is 65.3 Å². The minimum Gasteiger partial charge on any atom is -0.489 e. The normalized spacial score (nSPS) is 16.6. The molecule has 0 unspecified atom stereocenters. The van der Waals surface area contributed by atoms with Gasteiger partial charge < -0.3 is 33.4 Å². The largest absolute Gasteiger partial charge is 0.489 e. The average Bonchev–Trinajstić information content (AvgIpc) is 3.45. The molecule has 0 spiro atoms. The van der Waals surface area contributed by atoms with Crippen molar-refractivity contribution < 1.29 is 42.4 Å². The number of rotatable bonds is 9. The van der Waals surface area contributed by atoms with Gasteiger partial charge in [0.05, 0.1) is 49.2 Å². The van der Waals surface area contributed by atoms with Crippen LogP contribution in [-0.2, 0) is 46.3 Å². The Morgan fingerprint density at radius 3 is 2.71 bits per heavy atom. The monoisotopic (exact) mass is 696 g/mol. The summed E-state index contributed by atoms with van der Waals surface area (Å²) in [6, 6.07) is 18.1. The summed E-state index contributed by atoms with van der Waals surface area (Å²) in [7, 11) is 1.55. The number of hydrogen-bond acceptors (Lipinski definition) is 8. The molecule has 51 heavy (non-hydrogen) atoms. The maximum atomic E-state index is 15.8. The second kappa shape index (κ2) is 14.4. The van der Waals surface area contributed by atoms with E-state index in [1.54, 1.807) is 25.3 Å². The number of carboxylic acids is 1. The first-order valence-corrected chi connectivity index (χ1v) is 16.4. The first-order chi connectivity index (χ1) is 24.7. The summed E-state index contributed by atoms with van der Waals surface area (Å²) in [5, 5.41) is 9.92. The lowest BCUT2D eigenvalue weighted by Gasteiger charge is -2.27. The van der Waals surface area contributed by atoms with Crippen molar-refractivity contribution >= 4 is 22.7 Å². The number of benzene rings is 3. The van der Waals surface area contributed by atoms with Crippen LogP contribution in [0.2, 0.25) is 0 Å². The van der Waals surface area contributed by atoms with Crippen LogP contribution < -0.4 is 9.47 Å². The summed E-state index contributed by atoms with van der Waals surface area (Å²) in [4.78, 5) is 25.1. The highest BCUT2D eigenvalue weighted by Crippen LogP contribution is 2.36. The van der Waals surface area contributed by atoms with E-state index in [9.17, 15) is 9.90 Å². The van der Waals surface area contributed by atoms with E-state index in [2.05, 4.69) is 9.83 Å². The van der Waals surface area contributed by atoms with Gasteiger partial charge in [0.1, 0.15) is 36.9 Å². The Hall–Kier alpha value is -5.42. The van der Waals surface area contributed by atoms with E-state index in [1.807, 2.05) is 28.8 Å². The van der Waals surface area contributed by atoms with E-state index >= 15 is 8.78 Å². The number of hydrogen-bond donors (Lipinski definition) is 1. The molecule has 0 radical (unpaired) electrons. The first-order valence-electron chi connectivity index (χ1n) is 16.4. The molecule has 0 amide bonds. The first kappa shape index (κ1) is 34.0. The number of imidazole rings is 1. The molecule has 4 bridgehead atoms. The molecule has 5 aromatic rings. The molecule has 2 aliphatic rings. The number of nitrogens with zero attached hydrogens (tertiary/aromatic N) is 4. The van der Waals surface area contributed by atoms with Gasteiger partial charge in [-0.05, 0) is 53.4 Å². The lowest BCUT2D eigenvalue weighted by atomic mass is 9.99. The summed E-state index contributed by atoms with van der Waals surface area (Å²) in [5.41, 5.74) is 3.87. The van der Waals surface area contributed by atoms with E-state index in [4.69, 9.17) is 35.2 Å². The Kier molecular flexibility index (Phi) is 9.64. The minimum atomic E-state index is -3.42. The topological polar surface area (TPSA) is 119 Å². The summed E-state index contributed by atoms with van der Waals surface area (Å²) in [6.45, 7) is 7.69. The molecule has 2 aliphatic heterocycles. The number of pyridine rings is 1. The molecule has 1 fully saturated rings. The Morgan fingerprint density at radius 2 is 1.94 bits per heavy atom. The Labute approximate surface area is 292 Å². The zero-order chi connectivity index (χ0) is 35.5. The third-order valence-corrected chi connectivity index (χ3v) is 8.98. The fraction of sp³-hybridized carbons (Fsp3) is 0.316. The number of halogens is 2. The fourth-order valence-electron chi connectivity index (χ4n) is 6.22. The number of aromatic carboxylic acids is 1. The van der Waals surface area contributed by atoms with Crippen molar-refractivity contribution in [3.8, 4) is 22.9 Å². The zero-order valence-corrected chi connectivity index (χ0v) is 27.7. The van der Waals surface area contributed by atoms with Crippen LogP contribution in [0.25, 0.3) is 27.1 Å². The van der Waals surface area contributed by atoms with E-state index in [1.165, 1.54) is 24.3 Å². The number of carbonyl (C=O) groups is 1. The lowest BCUT2D eigenvalue weighted by molar-refractivity contribution is -0.0882. The zero-order valence-electron chi connectivity index (χ0n) is 27.7. The van der Waals surface area contributed by atoms with Gasteiger partial charge in [0.25, 0.3) is 5.92 Å². The van der Waals surface area contributed by atoms with E-state index in [-0.39, 0.29) is 60.6 Å². The summed E-state index contributed by atoms with van der Waals surface area (Å²) < 4.78 is 62.0. The van der Waals surface area contributed by atoms with Gasteiger partial charge in [0.15, 0.2) is 5.69 Å². The molecule has 11 nitrogen and oxygen atoms in total. The van der Waals surface area contributed by atoms with Crippen molar-refractivity contribution in [1.29, 1.82) is 0 Å². The molecule has 4 heterocycles. The molecule has 262 valence electrons. The fourth-order valence-corrected chi connectivity index (χ4v) is 6.22. The third-order valence-electron chi connectivity index (χ3n) is 8.98. The molecule has 7 rings (SSSR count). The quantitative estimate of drug-likeness (QED) is 0.129. The van der Waals surface area contributed by atoms with Gasteiger partial charge in [-0.2, -0.15) is 8.78 Å². The van der Waals surface area contributed by atoms with E-state index < -0.39 is 18.5 Å². The van der Waals surface area contributed by atoms with Crippen LogP contribution in [0, 0.1) is 6.57 Å². The number of aromatic nitrogens is 3. The van der Waals surface area contributed by atoms with Gasteiger partial charge >= 0.3 is 5.97 Å². The predicted octanol–water partition coefficient (Wildman–Crippen LogP) is 6.95. The van der Waals surface area contributed by atoms with Crippen molar-refractivity contribution in [2.75, 3.05) is 33.5 Å². The number of ether oxygens (including phenoxy) is 5. The van der Waals surface area contributed by atoms with Gasteiger partial charge in [0, 0.05) is 37.3 Å². The van der Waals surface area contributed by atoms with Crippen molar-refractivity contribution in [1.82, 2.24) is 14.5 Å². The lowest BCUT2D eigenvalue weighted by Crippen LogP contribution is -2.31. The van der Waals surface area contributed by atoms with Crippen molar-refractivity contribution in [3.63, 3.8) is 0 Å². The highest BCUT2D eigenvalue weighted by molar-refractivity contribution is 5.95. The SMILES string of the molecule is [C-]#[N+]c1ccc2c(c1)C(F)(F)COCc1cc(ccc1Cc1nc3c(OCCOC)cc(C(=O)O)cc3n1C[C@@H]1CCO1)-c1cccc(n1)OC2. The van der Waals surface area contributed by atoms with Gasteiger partial charge in [-0.15, -0.1) is 0 Å². The molecule has 3 aromatic carbocycles. The number of alkyl halides is 2. The molecular formula is C38H34F2N4O7. The van der Waals surface area contributed by atoms with E-state index in [0.717, 1.165) is 17.5 Å². The molecule has 1 saturated heterocycles. The van der Waals surface area contributed by atoms with Gasteiger partial charge in [-0.3, -0.25) is 0 Å². The maximum Gasteiger partial charge on any atom is 0.335 e. The second-order valence-electron chi connectivity index (χ2n) is 12.4. The third kappa shape index (κ3) is 7.25. The average molecular weight is 697 g/mol.